The van der Waals surface area contributed by atoms with Crippen LogP contribution in [-0.2, 0) is 4.79 Å². The molecule has 0 aliphatic carbocycles. The van der Waals surface area contributed by atoms with Gasteiger partial charge in [0.15, 0.2) is 5.78 Å². The normalized spacial score (nSPS) is 17.3. The van der Waals surface area contributed by atoms with Crippen molar-refractivity contribution in [2.45, 2.75) is 0 Å². The van der Waals surface area contributed by atoms with E-state index in [2.05, 4.69) is 0 Å². The number of fused-ring (bicyclic) bond motifs is 2. The summed E-state index contributed by atoms with van der Waals surface area (Å²) in [6, 6.07) is 19.9. The van der Waals surface area contributed by atoms with Crippen LogP contribution in [0.25, 0.3) is 16.6 Å². The first-order valence-electron chi connectivity index (χ1n) is 12.5. The molecule has 3 heterocycles. The van der Waals surface area contributed by atoms with Crippen molar-refractivity contribution in [2.24, 2.45) is 5.92 Å². The van der Waals surface area contributed by atoms with Crippen LogP contribution in [0.2, 0.25) is 0 Å². The van der Waals surface area contributed by atoms with Gasteiger partial charge in [0, 0.05) is 54.8 Å². The van der Waals surface area contributed by atoms with E-state index in [1.165, 1.54) is 0 Å². The van der Waals surface area contributed by atoms with E-state index < -0.39 is 5.92 Å². The summed E-state index contributed by atoms with van der Waals surface area (Å²) in [6.45, 7) is 1.42. The van der Waals surface area contributed by atoms with Crippen molar-refractivity contribution in [2.75, 3.05) is 44.3 Å². The van der Waals surface area contributed by atoms with E-state index in [1.807, 2.05) is 41.1 Å². The van der Waals surface area contributed by atoms with Gasteiger partial charge in [-0.1, -0.05) is 18.2 Å². The van der Waals surface area contributed by atoms with Gasteiger partial charge >= 0.3 is 0 Å². The van der Waals surface area contributed by atoms with Gasteiger partial charge in [0.05, 0.1) is 16.6 Å². The number of hydrogen-bond donors (Lipinski definition) is 2. The van der Waals surface area contributed by atoms with Gasteiger partial charge in [0.2, 0.25) is 5.91 Å². The number of carbonyl (C=O) groups excluding carboxylic acids is 3. The van der Waals surface area contributed by atoms with Crippen molar-refractivity contribution in [1.82, 2.24) is 14.4 Å². The monoisotopic (exact) mass is 509 g/mol. The number of rotatable bonds is 3. The fraction of sp³-hybridized carbons (Fsp3) is 0.207. The Labute approximate surface area is 219 Å². The van der Waals surface area contributed by atoms with Crippen LogP contribution in [0.15, 0.2) is 72.9 Å². The molecule has 2 aliphatic heterocycles. The van der Waals surface area contributed by atoms with Gasteiger partial charge in [0.25, 0.3) is 5.91 Å². The number of aromatic nitrogens is 1. The summed E-state index contributed by atoms with van der Waals surface area (Å²) in [6.07, 6.45) is 1.81. The van der Waals surface area contributed by atoms with E-state index in [-0.39, 0.29) is 24.2 Å². The Bertz CT molecular complexity index is 1590. The van der Waals surface area contributed by atoms with E-state index >= 15 is 0 Å². The van der Waals surface area contributed by atoms with Crippen molar-refractivity contribution in [3.8, 4) is 11.4 Å². The van der Waals surface area contributed by atoms with Crippen molar-refractivity contribution < 1.29 is 19.1 Å². The largest absolute Gasteiger partial charge is 0.492 e. The summed E-state index contributed by atoms with van der Waals surface area (Å²) < 4.78 is 7.61. The molecule has 0 radical (unpaired) electrons. The summed E-state index contributed by atoms with van der Waals surface area (Å²) >= 11 is 0. The zero-order valence-corrected chi connectivity index (χ0v) is 20.7. The van der Waals surface area contributed by atoms with E-state index in [0.29, 0.717) is 54.4 Å². The molecule has 0 spiro atoms. The standard InChI is InChI=1S/C29H27N5O4/c30-18-4-3-5-20(14-18)34-16-23(22-15-19(31)8-9-25(22)34)28(36)32-10-12-33(13-11-32)29(37)24-17-38-26-7-2-1-6-21(26)27(24)35/h1-9,14-16,24H,10-13,17,30-31H2. The number of Topliss-reactive ketones (excluding diaryl/α,β-unsaturated/α-hetero) is 1. The third kappa shape index (κ3) is 4.02. The maximum Gasteiger partial charge on any atom is 0.256 e. The summed E-state index contributed by atoms with van der Waals surface area (Å²) in [5.41, 5.74) is 15.9. The summed E-state index contributed by atoms with van der Waals surface area (Å²) in [5.74, 6) is -0.979. The Kier molecular flexibility index (Phi) is 5.75. The maximum absolute atomic E-state index is 13.7. The second kappa shape index (κ2) is 9.26. The third-order valence-electron chi connectivity index (χ3n) is 7.26. The fourth-order valence-electron chi connectivity index (χ4n) is 5.24. The Hall–Kier alpha value is -4.79. The van der Waals surface area contributed by atoms with Crippen LogP contribution in [0.3, 0.4) is 0 Å². The van der Waals surface area contributed by atoms with Gasteiger partial charge < -0.3 is 30.6 Å². The van der Waals surface area contributed by atoms with Gasteiger partial charge in [-0.15, -0.1) is 0 Å². The summed E-state index contributed by atoms with van der Waals surface area (Å²) in [7, 11) is 0. The first-order valence-corrected chi connectivity index (χ1v) is 12.5. The van der Waals surface area contributed by atoms with Gasteiger partial charge in [-0.2, -0.15) is 0 Å². The lowest BCUT2D eigenvalue weighted by Gasteiger charge is -2.36. The van der Waals surface area contributed by atoms with Gasteiger partial charge in [-0.05, 0) is 48.5 Å². The zero-order valence-electron chi connectivity index (χ0n) is 20.7. The number of ketones is 1. The molecule has 0 saturated carbocycles. The van der Waals surface area contributed by atoms with Crippen LogP contribution in [0.5, 0.6) is 5.75 Å². The van der Waals surface area contributed by atoms with Gasteiger partial charge in [-0.25, -0.2) is 0 Å². The molecule has 4 aromatic rings. The Balaban J connectivity index is 1.20. The highest BCUT2D eigenvalue weighted by Gasteiger charge is 2.38. The minimum atomic E-state index is -0.869. The molecular weight excluding hydrogens is 482 g/mol. The summed E-state index contributed by atoms with van der Waals surface area (Å²) in [5, 5.41) is 0.750. The number of anilines is 2. The Morgan fingerprint density at radius 3 is 2.37 bits per heavy atom. The fourth-order valence-corrected chi connectivity index (χ4v) is 5.24. The molecule has 1 atom stereocenters. The van der Waals surface area contributed by atoms with Crippen LogP contribution in [0.4, 0.5) is 11.4 Å². The van der Waals surface area contributed by atoms with Crippen molar-refractivity contribution >= 4 is 39.9 Å². The molecule has 1 fully saturated rings. The van der Waals surface area contributed by atoms with Crippen LogP contribution < -0.4 is 16.2 Å². The number of ether oxygens (including phenoxy) is 1. The Morgan fingerprint density at radius 1 is 0.842 bits per heavy atom. The molecule has 2 amide bonds. The molecule has 2 aliphatic rings. The van der Waals surface area contributed by atoms with Gasteiger partial charge in [-0.3, -0.25) is 14.4 Å². The van der Waals surface area contributed by atoms with Crippen LogP contribution in [0, 0.1) is 5.92 Å². The topological polar surface area (TPSA) is 124 Å². The SMILES string of the molecule is Nc1cccc(-n2cc(C(=O)N3CCN(C(=O)C4COc5ccccc5C4=O)CC3)c3cc(N)ccc32)c1. The number of para-hydroxylation sites is 1. The lowest BCUT2D eigenvalue weighted by atomic mass is 9.93. The maximum atomic E-state index is 13.7. The van der Waals surface area contributed by atoms with Gasteiger partial charge in [0.1, 0.15) is 18.3 Å². The predicted octanol–water partition coefficient (Wildman–Crippen LogP) is 2.97. The highest BCUT2D eigenvalue weighted by molar-refractivity contribution is 6.12. The number of carbonyl (C=O) groups is 3. The van der Waals surface area contributed by atoms with E-state index in [1.54, 1.807) is 46.2 Å². The number of nitrogens with zero attached hydrogens (tertiary/aromatic N) is 3. The number of benzene rings is 3. The molecule has 1 unspecified atom stereocenters. The first kappa shape index (κ1) is 23.6. The second-order valence-electron chi connectivity index (χ2n) is 9.63. The second-order valence-corrected chi connectivity index (χ2v) is 9.63. The van der Waals surface area contributed by atoms with Crippen molar-refractivity contribution in [3.05, 3.63) is 84.1 Å². The molecule has 4 N–H and O–H groups in total. The molecule has 192 valence electrons. The number of amides is 2. The van der Waals surface area contributed by atoms with Crippen LogP contribution in [0.1, 0.15) is 20.7 Å². The third-order valence-corrected chi connectivity index (χ3v) is 7.26. The average molecular weight is 510 g/mol. The van der Waals surface area contributed by atoms with E-state index in [0.717, 1.165) is 16.6 Å². The summed E-state index contributed by atoms with van der Waals surface area (Å²) in [4.78, 5) is 43.2. The molecule has 6 rings (SSSR count). The smallest absolute Gasteiger partial charge is 0.256 e. The van der Waals surface area contributed by atoms with Crippen LogP contribution >= 0.6 is 0 Å². The Morgan fingerprint density at radius 2 is 1.58 bits per heavy atom. The van der Waals surface area contributed by atoms with E-state index in [4.69, 9.17) is 16.2 Å². The molecule has 38 heavy (non-hydrogen) atoms. The van der Waals surface area contributed by atoms with Crippen molar-refractivity contribution in [1.29, 1.82) is 0 Å². The molecule has 1 aromatic heterocycles. The molecular formula is C29H27N5O4. The highest BCUT2D eigenvalue weighted by Crippen LogP contribution is 2.30. The quantitative estimate of drug-likeness (QED) is 0.323. The predicted molar refractivity (Wildman–Crippen MR) is 144 cm³/mol. The molecule has 9 nitrogen and oxygen atoms in total. The molecule has 0 bridgehead atoms. The number of piperazine rings is 1. The lowest BCUT2D eigenvalue weighted by Crippen LogP contribution is -2.53. The number of nitrogen functional groups attached to an aromatic ring is 2. The minimum Gasteiger partial charge on any atom is -0.492 e. The number of nitrogens with two attached hydrogens (primary N) is 2. The highest BCUT2D eigenvalue weighted by atomic mass is 16.5. The number of hydrogen-bond acceptors (Lipinski definition) is 6. The average Bonchev–Trinajstić information content (AvgIpc) is 3.31. The molecule has 1 saturated heterocycles. The molecule has 9 heteroatoms. The van der Waals surface area contributed by atoms with Crippen LogP contribution in [-0.4, -0.2) is 64.8 Å². The lowest BCUT2D eigenvalue weighted by molar-refractivity contribution is -0.136. The minimum absolute atomic E-state index is 0.0265. The molecule has 3 aromatic carbocycles. The van der Waals surface area contributed by atoms with Crippen molar-refractivity contribution in [3.63, 3.8) is 0 Å². The zero-order chi connectivity index (χ0) is 26.4. The van der Waals surface area contributed by atoms with E-state index in [9.17, 15) is 14.4 Å². The first-order chi connectivity index (χ1) is 18.4.